The minimum Gasteiger partial charge on any atom is -0.456 e. The van der Waals surface area contributed by atoms with E-state index >= 15 is 0 Å². The van der Waals surface area contributed by atoms with Gasteiger partial charge in [0.1, 0.15) is 11.2 Å². The first kappa shape index (κ1) is 34.7. The van der Waals surface area contributed by atoms with Crippen LogP contribution >= 0.6 is 11.3 Å². The average Bonchev–Trinajstić information content (AvgIpc) is 3.97. The topological polar surface area (TPSA) is 21.3 Å². The van der Waals surface area contributed by atoms with Gasteiger partial charge in [-0.05, 0) is 122 Å². The second kappa shape index (κ2) is 11.1. The normalized spacial score (nSPS) is 17.3. The van der Waals surface area contributed by atoms with E-state index in [2.05, 4.69) is 179 Å². The molecular weight excluding hydrogens is 760 g/mol. The molecule has 0 spiro atoms. The van der Waals surface area contributed by atoms with Gasteiger partial charge in [-0.2, -0.15) is 0 Å². The molecule has 2 aliphatic carbocycles. The first-order valence-electron chi connectivity index (χ1n) is 22.1. The fraction of sp³-hybridized carbons (Fsp3) is 0.214. The lowest BCUT2D eigenvalue weighted by Crippen LogP contribution is -2.57. The van der Waals surface area contributed by atoms with Gasteiger partial charge < -0.3 is 13.8 Å². The van der Waals surface area contributed by atoms with E-state index in [1.165, 1.54) is 122 Å². The molecule has 61 heavy (non-hydrogen) atoms. The van der Waals surface area contributed by atoms with Gasteiger partial charge in [0.25, 0.3) is 0 Å². The molecule has 3 nitrogen and oxygen atoms in total. The number of aromatic nitrogens is 1. The summed E-state index contributed by atoms with van der Waals surface area (Å²) in [5, 5.41) is 4.99. The Bertz CT molecular complexity index is 3670. The SMILES string of the molecule is Cc1cc2c(cc1N1c3cc4c(cc3B3c5c1cc1c(c5-c5cccc6c7sc8ccccc8c7n3c56)C(C)(C)c3ccccc3-1)oc1ccccc14)C(C)(C)CCC2(C)C. The molecule has 0 saturated carbocycles. The van der Waals surface area contributed by atoms with Gasteiger partial charge in [-0.25, -0.2) is 0 Å². The molecule has 10 aromatic rings. The minimum absolute atomic E-state index is 0.0563. The van der Waals surface area contributed by atoms with E-state index < -0.39 is 0 Å². The number of benzene rings is 7. The molecule has 0 bridgehead atoms. The van der Waals surface area contributed by atoms with Crippen LogP contribution in [0.1, 0.15) is 82.2 Å². The molecule has 5 heteroatoms. The van der Waals surface area contributed by atoms with Crippen molar-refractivity contribution in [3.05, 3.63) is 149 Å². The van der Waals surface area contributed by atoms with Crippen molar-refractivity contribution in [2.24, 2.45) is 0 Å². The van der Waals surface area contributed by atoms with Crippen molar-refractivity contribution < 1.29 is 4.42 Å². The van der Waals surface area contributed by atoms with Crippen molar-refractivity contribution in [1.29, 1.82) is 0 Å². The zero-order valence-corrected chi connectivity index (χ0v) is 36.6. The predicted molar refractivity (Wildman–Crippen MR) is 260 cm³/mol. The van der Waals surface area contributed by atoms with Crippen molar-refractivity contribution >= 4 is 99.3 Å². The van der Waals surface area contributed by atoms with E-state index in [4.69, 9.17) is 4.42 Å². The molecule has 14 rings (SSSR count). The third kappa shape index (κ3) is 4.12. The van der Waals surface area contributed by atoms with Crippen LogP contribution in [0.25, 0.3) is 75.4 Å². The summed E-state index contributed by atoms with van der Waals surface area (Å²) >= 11 is 1.94. The molecule has 3 aromatic heterocycles. The molecule has 2 aliphatic heterocycles. The van der Waals surface area contributed by atoms with Crippen LogP contribution in [0.5, 0.6) is 0 Å². The number of furan rings is 1. The number of aryl methyl sites for hydroxylation is 1. The van der Waals surface area contributed by atoms with E-state index in [1.54, 1.807) is 0 Å². The number of thiophene rings is 1. The van der Waals surface area contributed by atoms with Gasteiger partial charge in [0, 0.05) is 59.8 Å². The molecule has 7 aromatic carbocycles. The lowest BCUT2D eigenvalue weighted by Gasteiger charge is -2.45. The van der Waals surface area contributed by atoms with Gasteiger partial charge in [0.2, 0.25) is 0 Å². The number of anilines is 3. The largest absolute Gasteiger partial charge is 0.456 e. The van der Waals surface area contributed by atoms with Crippen LogP contribution in [-0.2, 0) is 16.2 Å². The lowest BCUT2D eigenvalue weighted by atomic mass is 9.44. The first-order chi connectivity index (χ1) is 29.4. The molecule has 0 radical (unpaired) electrons. The summed E-state index contributed by atoms with van der Waals surface area (Å²) in [7, 11) is 0. The molecule has 0 amide bonds. The Kier molecular flexibility index (Phi) is 6.29. The summed E-state index contributed by atoms with van der Waals surface area (Å²) < 4.78 is 12.3. The third-order valence-electron chi connectivity index (χ3n) is 15.7. The molecule has 0 N–H and O–H groups in total. The van der Waals surface area contributed by atoms with Gasteiger partial charge in [0.15, 0.2) is 0 Å². The number of hydrogen-bond acceptors (Lipinski definition) is 3. The predicted octanol–water partition coefficient (Wildman–Crippen LogP) is 14.3. The maximum absolute atomic E-state index is 6.83. The Hall–Kier alpha value is -6.04. The molecule has 0 fully saturated rings. The molecule has 4 aliphatic rings. The Morgan fingerprint density at radius 3 is 2.11 bits per heavy atom. The summed E-state index contributed by atoms with van der Waals surface area (Å²) in [5.41, 5.74) is 23.6. The second-order valence-electron chi connectivity index (χ2n) is 20.3. The quantitative estimate of drug-likeness (QED) is 0.154. The van der Waals surface area contributed by atoms with E-state index in [0.717, 1.165) is 21.9 Å². The number of hydrogen-bond donors (Lipinski definition) is 0. The van der Waals surface area contributed by atoms with Crippen LogP contribution < -0.4 is 15.8 Å². The highest BCUT2D eigenvalue weighted by Gasteiger charge is 2.49. The van der Waals surface area contributed by atoms with Gasteiger partial charge in [0.05, 0.1) is 10.2 Å². The highest BCUT2D eigenvalue weighted by atomic mass is 32.1. The molecular formula is C56H45BN2OS. The summed E-state index contributed by atoms with van der Waals surface area (Å²) in [6.07, 6.45) is 2.36. The van der Waals surface area contributed by atoms with E-state index in [9.17, 15) is 0 Å². The van der Waals surface area contributed by atoms with Crippen LogP contribution in [0.15, 0.2) is 126 Å². The van der Waals surface area contributed by atoms with Crippen LogP contribution in [0.2, 0.25) is 0 Å². The Morgan fingerprint density at radius 2 is 1.28 bits per heavy atom. The smallest absolute Gasteiger partial charge is 0.333 e. The zero-order valence-electron chi connectivity index (χ0n) is 35.7. The van der Waals surface area contributed by atoms with Crippen molar-refractivity contribution in [3.63, 3.8) is 0 Å². The highest BCUT2D eigenvalue weighted by Crippen LogP contribution is 2.58. The number of para-hydroxylation sites is 2. The average molecular weight is 805 g/mol. The van der Waals surface area contributed by atoms with Crippen LogP contribution in [0, 0.1) is 6.92 Å². The van der Waals surface area contributed by atoms with Crippen LogP contribution in [-0.4, -0.2) is 11.3 Å². The van der Waals surface area contributed by atoms with Crippen molar-refractivity contribution in [1.82, 2.24) is 4.48 Å². The van der Waals surface area contributed by atoms with Crippen molar-refractivity contribution in [2.75, 3.05) is 4.90 Å². The monoisotopic (exact) mass is 804 g/mol. The minimum atomic E-state index is -0.201. The summed E-state index contributed by atoms with van der Waals surface area (Å²) in [4.78, 5) is 2.69. The first-order valence-corrected chi connectivity index (χ1v) is 22.9. The van der Waals surface area contributed by atoms with Gasteiger partial charge in [-0.3, -0.25) is 0 Å². The molecule has 0 unspecified atom stereocenters. The lowest BCUT2D eigenvalue weighted by molar-refractivity contribution is 0.332. The van der Waals surface area contributed by atoms with Crippen LogP contribution in [0.4, 0.5) is 17.1 Å². The van der Waals surface area contributed by atoms with Gasteiger partial charge in [-0.1, -0.05) is 126 Å². The Morgan fingerprint density at radius 1 is 0.574 bits per heavy atom. The Balaban J connectivity index is 1.21. The Labute approximate surface area is 360 Å². The number of nitrogens with zero attached hydrogens (tertiary/aromatic N) is 2. The molecule has 294 valence electrons. The number of fused-ring (bicyclic) bond motifs is 17. The molecule has 5 heterocycles. The summed E-state index contributed by atoms with van der Waals surface area (Å²) in [6, 6.07) is 46.6. The number of rotatable bonds is 1. The zero-order chi connectivity index (χ0) is 41.1. The molecule has 0 atom stereocenters. The summed E-state index contributed by atoms with van der Waals surface area (Å²) in [5.74, 6) is 0. The standard InChI is InChI=1S/C56H45BN2OS/c1-30-25-39-40(55(4,5)24-23-54(39,2)3)28-42(30)58-43-26-36-32-16-9-12-21-45(32)60-46(36)29-41(43)57-50-44(58)27-37-31-15-8-11-20-38(31)56(6,7)49(37)48(50)34-18-14-19-35-51(34)59(57)52-33-17-10-13-22-47(33)61-53(35)52/h8-22,25-29H,23-24H2,1-7H3. The third-order valence-corrected chi connectivity index (χ3v) is 16.9. The van der Waals surface area contributed by atoms with Crippen molar-refractivity contribution in [2.45, 2.75) is 77.6 Å². The molecule has 0 saturated heterocycles. The van der Waals surface area contributed by atoms with E-state index in [-0.39, 0.29) is 23.1 Å². The maximum Gasteiger partial charge on any atom is 0.333 e. The van der Waals surface area contributed by atoms with Gasteiger partial charge in [-0.15, -0.1) is 11.3 Å². The van der Waals surface area contributed by atoms with Crippen molar-refractivity contribution in [3.8, 4) is 22.3 Å². The second-order valence-corrected chi connectivity index (χ2v) is 21.4. The van der Waals surface area contributed by atoms with Gasteiger partial charge >= 0.3 is 6.85 Å². The van der Waals surface area contributed by atoms with E-state index in [0.29, 0.717) is 0 Å². The fourth-order valence-corrected chi connectivity index (χ4v) is 13.9. The van der Waals surface area contributed by atoms with Crippen LogP contribution in [0.3, 0.4) is 0 Å². The van der Waals surface area contributed by atoms with E-state index in [1.807, 2.05) is 11.3 Å². The fourth-order valence-electron chi connectivity index (χ4n) is 12.6. The highest BCUT2D eigenvalue weighted by molar-refractivity contribution is 7.27. The summed E-state index contributed by atoms with van der Waals surface area (Å²) in [6.45, 7) is 17.0. The maximum atomic E-state index is 6.83.